The minimum Gasteiger partial charge on any atom is -0.490 e. The summed E-state index contributed by atoms with van der Waals surface area (Å²) in [6.45, 7) is 4.17. The fraction of sp³-hybridized carbons (Fsp3) is 0.636. The molecule has 6 nitrogen and oxygen atoms in total. The summed E-state index contributed by atoms with van der Waals surface area (Å²) in [4.78, 5) is 10.6. The maximum Gasteiger partial charge on any atom is 0.205 e. The molecule has 0 radical (unpaired) electrons. The fourth-order valence-electron chi connectivity index (χ4n) is 2.04. The lowest BCUT2D eigenvalue weighted by atomic mass is 10.3. The van der Waals surface area contributed by atoms with Crippen molar-refractivity contribution in [1.82, 2.24) is 9.97 Å². The molecule has 0 bridgehead atoms. The SMILES string of the molecule is CCC1CN(c2ncnc(NN)c2OC)CCS1. The van der Waals surface area contributed by atoms with E-state index in [0.29, 0.717) is 16.8 Å². The second kappa shape index (κ2) is 6.10. The Morgan fingerprint density at radius 3 is 3.11 bits per heavy atom. The molecule has 0 amide bonds. The molecule has 1 fully saturated rings. The molecule has 1 unspecified atom stereocenters. The van der Waals surface area contributed by atoms with Crippen LogP contribution in [0.4, 0.5) is 11.6 Å². The Balaban J connectivity index is 2.26. The van der Waals surface area contributed by atoms with E-state index in [2.05, 4.69) is 27.2 Å². The van der Waals surface area contributed by atoms with Crippen molar-refractivity contribution in [1.29, 1.82) is 0 Å². The van der Waals surface area contributed by atoms with Crippen molar-refractivity contribution in [3.63, 3.8) is 0 Å². The van der Waals surface area contributed by atoms with E-state index >= 15 is 0 Å². The van der Waals surface area contributed by atoms with Crippen LogP contribution >= 0.6 is 11.8 Å². The first-order chi connectivity index (χ1) is 8.80. The summed E-state index contributed by atoms with van der Waals surface area (Å²) in [5.41, 5.74) is 2.54. The summed E-state index contributed by atoms with van der Waals surface area (Å²) >= 11 is 2.02. The number of ether oxygens (including phenoxy) is 1. The van der Waals surface area contributed by atoms with Crippen LogP contribution in [0.1, 0.15) is 13.3 Å². The minimum absolute atomic E-state index is 0.522. The number of thioether (sulfide) groups is 1. The third kappa shape index (κ3) is 2.62. The Morgan fingerprint density at radius 2 is 2.44 bits per heavy atom. The topological polar surface area (TPSA) is 76.3 Å². The molecule has 7 heteroatoms. The Morgan fingerprint density at radius 1 is 1.61 bits per heavy atom. The summed E-state index contributed by atoms with van der Waals surface area (Å²) < 4.78 is 5.37. The van der Waals surface area contributed by atoms with Crippen LogP contribution in [0.3, 0.4) is 0 Å². The van der Waals surface area contributed by atoms with Gasteiger partial charge < -0.3 is 15.1 Å². The number of rotatable bonds is 4. The molecule has 0 saturated carbocycles. The van der Waals surface area contributed by atoms with Crippen LogP contribution in [0.25, 0.3) is 0 Å². The molecule has 18 heavy (non-hydrogen) atoms. The van der Waals surface area contributed by atoms with Crippen LogP contribution in [0, 0.1) is 0 Å². The van der Waals surface area contributed by atoms with Crippen molar-refractivity contribution in [2.24, 2.45) is 5.84 Å². The average molecular weight is 269 g/mol. The van der Waals surface area contributed by atoms with Gasteiger partial charge in [0, 0.05) is 24.1 Å². The van der Waals surface area contributed by atoms with E-state index in [1.54, 1.807) is 7.11 Å². The van der Waals surface area contributed by atoms with E-state index in [0.717, 1.165) is 31.1 Å². The third-order valence-corrected chi connectivity index (χ3v) is 4.39. The Labute approximate surface area is 111 Å². The number of aromatic nitrogens is 2. The highest BCUT2D eigenvalue weighted by Gasteiger charge is 2.24. The van der Waals surface area contributed by atoms with Crippen molar-refractivity contribution in [2.45, 2.75) is 18.6 Å². The van der Waals surface area contributed by atoms with Crippen LogP contribution < -0.4 is 20.9 Å². The summed E-state index contributed by atoms with van der Waals surface area (Å²) in [7, 11) is 1.61. The van der Waals surface area contributed by atoms with Crippen molar-refractivity contribution >= 4 is 23.4 Å². The van der Waals surface area contributed by atoms with E-state index in [-0.39, 0.29) is 0 Å². The molecule has 2 heterocycles. The van der Waals surface area contributed by atoms with E-state index in [9.17, 15) is 0 Å². The highest BCUT2D eigenvalue weighted by molar-refractivity contribution is 8.00. The Hall–Kier alpha value is -1.21. The summed E-state index contributed by atoms with van der Waals surface area (Å²) in [6, 6.07) is 0. The zero-order valence-electron chi connectivity index (χ0n) is 10.7. The molecule has 1 aromatic rings. The van der Waals surface area contributed by atoms with Crippen LogP contribution in [0.15, 0.2) is 6.33 Å². The molecule has 0 aromatic carbocycles. The first-order valence-corrected chi connectivity index (χ1v) is 7.07. The van der Waals surface area contributed by atoms with Gasteiger partial charge >= 0.3 is 0 Å². The van der Waals surface area contributed by atoms with Gasteiger partial charge in [-0.05, 0) is 6.42 Å². The number of nitrogens with zero attached hydrogens (tertiary/aromatic N) is 3. The molecule has 100 valence electrons. The zero-order valence-corrected chi connectivity index (χ0v) is 11.5. The largest absolute Gasteiger partial charge is 0.490 e. The molecule has 1 aliphatic heterocycles. The number of nitrogen functional groups attached to an aromatic ring is 1. The van der Waals surface area contributed by atoms with Crippen molar-refractivity contribution < 1.29 is 4.74 Å². The van der Waals surface area contributed by atoms with Gasteiger partial charge in [-0.15, -0.1) is 0 Å². The molecule has 2 rings (SSSR count). The monoisotopic (exact) mass is 269 g/mol. The van der Waals surface area contributed by atoms with Crippen molar-refractivity contribution in [3.8, 4) is 5.75 Å². The lowest BCUT2D eigenvalue weighted by Gasteiger charge is -2.33. The number of hydrogen-bond donors (Lipinski definition) is 2. The highest BCUT2D eigenvalue weighted by atomic mass is 32.2. The average Bonchev–Trinajstić information content (AvgIpc) is 2.46. The fourth-order valence-corrected chi connectivity index (χ4v) is 3.22. The molecule has 1 aliphatic rings. The first kappa shape index (κ1) is 13.2. The minimum atomic E-state index is 0.522. The van der Waals surface area contributed by atoms with Gasteiger partial charge in [0.05, 0.1) is 7.11 Å². The molecule has 1 aromatic heterocycles. The quantitative estimate of drug-likeness (QED) is 0.626. The molecule has 1 saturated heterocycles. The lowest BCUT2D eigenvalue weighted by Crippen LogP contribution is -2.38. The van der Waals surface area contributed by atoms with Gasteiger partial charge in [0.2, 0.25) is 5.75 Å². The standard InChI is InChI=1S/C11H19N5OS/c1-3-8-6-16(4-5-18-8)11-9(17-2)10(15-12)13-7-14-11/h7-8H,3-6,12H2,1-2H3,(H,13,14,15). The van der Waals surface area contributed by atoms with E-state index in [4.69, 9.17) is 10.6 Å². The van der Waals surface area contributed by atoms with Crippen LogP contribution in [-0.4, -0.2) is 41.2 Å². The van der Waals surface area contributed by atoms with Crippen LogP contribution in [0.2, 0.25) is 0 Å². The number of hydrazine groups is 1. The summed E-state index contributed by atoms with van der Waals surface area (Å²) in [5, 5.41) is 0.646. The van der Waals surface area contributed by atoms with E-state index in [1.165, 1.54) is 6.33 Å². The normalized spacial score (nSPS) is 19.7. The van der Waals surface area contributed by atoms with E-state index < -0.39 is 0 Å². The molecule has 0 spiro atoms. The number of nitrogens with two attached hydrogens (primary N) is 1. The van der Waals surface area contributed by atoms with Gasteiger partial charge in [0.25, 0.3) is 0 Å². The van der Waals surface area contributed by atoms with Gasteiger partial charge in [0.1, 0.15) is 6.33 Å². The summed E-state index contributed by atoms with van der Waals surface area (Å²) in [5.74, 6) is 8.50. The Kier molecular flexibility index (Phi) is 4.48. The first-order valence-electron chi connectivity index (χ1n) is 6.02. The Bertz CT molecular complexity index is 403. The molecular weight excluding hydrogens is 250 g/mol. The maximum atomic E-state index is 5.44. The predicted octanol–water partition coefficient (Wildman–Crippen LogP) is 1.10. The van der Waals surface area contributed by atoms with Gasteiger partial charge in [-0.25, -0.2) is 15.8 Å². The van der Waals surface area contributed by atoms with Crippen LogP contribution in [0.5, 0.6) is 5.75 Å². The van der Waals surface area contributed by atoms with Gasteiger partial charge in [-0.1, -0.05) is 6.92 Å². The number of anilines is 2. The van der Waals surface area contributed by atoms with Gasteiger partial charge in [-0.3, -0.25) is 0 Å². The predicted molar refractivity (Wildman–Crippen MR) is 75.1 cm³/mol. The van der Waals surface area contributed by atoms with Crippen LogP contribution in [-0.2, 0) is 0 Å². The summed E-state index contributed by atoms with van der Waals surface area (Å²) in [6.07, 6.45) is 2.67. The zero-order chi connectivity index (χ0) is 13.0. The van der Waals surface area contributed by atoms with Crippen molar-refractivity contribution in [3.05, 3.63) is 6.33 Å². The van der Waals surface area contributed by atoms with Crippen molar-refractivity contribution in [2.75, 3.05) is 36.3 Å². The smallest absolute Gasteiger partial charge is 0.205 e. The highest BCUT2D eigenvalue weighted by Crippen LogP contribution is 2.34. The lowest BCUT2D eigenvalue weighted by molar-refractivity contribution is 0.412. The second-order valence-corrected chi connectivity index (χ2v) is 5.48. The third-order valence-electron chi connectivity index (χ3n) is 3.02. The number of nitrogens with one attached hydrogen (secondary N) is 1. The van der Waals surface area contributed by atoms with Gasteiger partial charge in [0.15, 0.2) is 11.6 Å². The van der Waals surface area contributed by atoms with Gasteiger partial charge in [-0.2, -0.15) is 11.8 Å². The van der Waals surface area contributed by atoms with E-state index in [1.807, 2.05) is 11.8 Å². The molecule has 3 N–H and O–H groups in total. The molecule has 1 atom stereocenters. The molecule has 0 aliphatic carbocycles. The molecular formula is C11H19N5OS. The second-order valence-electron chi connectivity index (χ2n) is 4.07. The number of methoxy groups -OCH3 is 1. The maximum absolute atomic E-state index is 5.44. The number of hydrogen-bond acceptors (Lipinski definition) is 7.